The minimum atomic E-state index is -4.21. The number of rotatable bonds is 10. The Morgan fingerprint density at radius 2 is 1.95 bits per heavy atom. The molecule has 1 aliphatic rings. The second kappa shape index (κ2) is 11.9. The van der Waals surface area contributed by atoms with E-state index in [1.165, 1.54) is 31.6 Å². The third-order valence-corrected chi connectivity index (χ3v) is 6.70. The number of hydrogen-bond acceptors (Lipinski definition) is 9. The molecule has 3 aromatic rings. The fourth-order valence-corrected chi connectivity index (χ4v) is 4.66. The van der Waals surface area contributed by atoms with Gasteiger partial charge in [0, 0.05) is 51.1 Å². The van der Waals surface area contributed by atoms with Crippen molar-refractivity contribution >= 4 is 21.7 Å². The van der Waals surface area contributed by atoms with E-state index < -0.39 is 50.8 Å². The minimum Gasteiger partial charge on any atom is -0.435 e. The number of nitrogens with zero attached hydrogens (tertiary/aromatic N) is 3. The molecular formula is C23H24F4N6O4S. The molecule has 1 saturated heterocycles. The Morgan fingerprint density at radius 1 is 1.13 bits per heavy atom. The Labute approximate surface area is 215 Å². The van der Waals surface area contributed by atoms with Gasteiger partial charge in [0.05, 0.1) is 23.6 Å². The van der Waals surface area contributed by atoms with Crippen molar-refractivity contribution in [3.8, 4) is 22.9 Å². The first-order valence-electron chi connectivity index (χ1n) is 11.4. The molecule has 1 aliphatic heterocycles. The number of benzene rings is 1. The van der Waals surface area contributed by atoms with Gasteiger partial charge in [-0.25, -0.2) is 36.5 Å². The molecule has 0 saturated carbocycles. The molecule has 0 radical (unpaired) electrons. The second-order valence-electron chi connectivity index (χ2n) is 8.33. The van der Waals surface area contributed by atoms with Crippen molar-refractivity contribution in [1.29, 1.82) is 0 Å². The maximum absolute atomic E-state index is 14.8. The van der Waals surface area contributed by atoms with Crippen LogP contribution < -0.4 is 20.1 Å². The zero-order chi connectivity index (χ0) is 27.3. The smallest absolute Gasteiger partial charge is 0.235 e. The maximum Gasteiger partial charge on any atom is 0.235 e. The van der Waals surface area contributed by atoms with Crippen molar-refractivity contribution in [3.63, 3.8) is 0 Å². The molecule has 1 fully saturated rings. The fraction of sp³-hybridized carbons (Fsp3) is 0.348. The standard InChI is InChI=1S/C23H24F4N6O4S/c1-36-7-8-38(34,35)33-21-16(25)10-18(19(26)20(21)27)37-22-15(3-2-5-29-22)17-4-6-30-23(32-17)31-14-9-13(24)11-28-12-14/h2-6,10,13-14,28,33H,7-9,11-12H2,1H3,(H,30,31,32)/t13-,14?/m0/s1. The van der Waals surface area contributed by atoms with Gasteiger partial charge in [-0.3, -0.25) is 4.72 Å². The van der Waals surface area contributed by atoms with Crippen molar-refractivity contribution in [2.24, 2.45) is 0 Å². The molecule has 3 N–H and O–H groups in total. The average Bonchev–Trinajstić information content (AvgIpc) is 2.89. The summed E-state index contributed by atoms with van der Waals surface area (Å²) >= 11 is 0. The molecule has 3 heterocycles. The van der Waals surface area contributed by atoms with Crippen LogP contribution in [0.5, 0.6) is 11.6 Å². The second-order valence-corrected chi connectivity index (χ2v) is 10.2. The maximum atomic E-state index is 14.8. The van der Waals surface area contributed by atoms with Crippen LogP contribution in [-0.2, 0) is 14.8 Å². The molecule has 1 unspecified atom stereocenters. The summed E-state index contributed by atoms with van der Waals surface area (Å²) in [7, 11) is -2.96. The number of pyridine rings is 1. The van der Waals surface area contributed by atoms with Gasteiger partial charge in [0.25, 0.3) is 0 Å². The molecule has 0 spiro atoms. The van der Waals surface area contributed by atoms with Gasteiger partial charge in [0.2, 0.25) is 27.7 Å². The summed E-state index contributed by atoms with van der Waals surface area (Å²) in [5.74, 6) is -6.33. The zero-order valence-corrected chi connectivity index (χ0v) is 20.9. The van der Waals surface area contributed by atoms with E-state index in [0.29, 0.717) is 12.6 Å². The minimum absolute atomic E-state index is 0.201. The Hall–Kier alpha value is -3.56. The summed E-state index contributed by atoms with van der Waals surface area (Å²) in [5.41, 5.74) is -0.658. The number of halogens is 4. The number of nitrogens with one attached hydrogen (secondary N) is 3. The zero-order valence-electron chi connectivity index (χ0n) is 20.0. The highest BCUT2D eigenvalue weighted by atomic mass is 32.2. The lowest BCUT2D eigenvalue weighted by Gasteiger charge is -2.26. The van der Waals surface area contributed by atoms with E-state index in [4.69, 9.17) is 4.74 Å². The third kappa shape index (κ3) is 6.65. The van der Waals surface area contributed by atoms with E-state index in [-0.39, 0.29) is 48.7 Å². The van der Waals surface area contributed by atoms with Gasteiger partial charge in [-0.1, -0.05) is 0 Å². The van der Waals surface area contributed by atoms with Gasteiger partial charge in [-0.05, 0) is 18.2 Å². The monoisotopic (exact) mass is 556 g/mol. The highest BCUT2D eigenvalue weighted by Gasteiger charge is 2.25. The first-order chi connectivity index (χ1) is 18.2. The molecule has 1 aromatic carbocycles. The predicted molar refractivity (Wildman–Crippen MR) is 131 cm³/mol. The van der Waals surface area contributed by atoms with Crippen LogP contribution >= 0.6 is 0 Å². The van der Waals surface area contributed by atoms with E-state index in [9.17, 15) is 26.0 Å². The first-order valence-corrected chi connectivity index (χ1v) is 13.1. The Morgan fingerprint density at radius 3 is 2.71 bits per heavy atom. The number of sulfonamides is 1. The molecule has 4 rings (SSSR count). The van der Waals surface area contributed by atoms with Crippen LogP contribution in [0.4, 0.5) is 29.2 Å². The Bertz CT molecular complexity index is 1400. The lowest BCUT2D eigenvalue weighted by Crippen LogP contribution is -2.44. The van der Waals surface area contributed by atoms with Crippen molar-refractivity contribution in [3.05, 3.63) is 54.1 Å². The Balaban J connectivity index is 1.59. The number of alkyl halides is 1. The number of piperidine rings is 1. The predicted octanol–water partition coefficient (Wildman–Crippen LogP) is 3.25. The van der Waals surface area contributed by atoms with Gasteiger partial charge >= 0.3 is 0 Å². The molecule has 0 bridgehead atoms. The van der Waals surface area contributed by atoms with Crippen LogP contribution in [0.1, 0.15) is 6.42 Å². The normalized spacial score (nSPS) is 17.7. The third-order valence-electron chi connectivity index (χ3n) is 5.48. The molecule has 204 valence electrons. The SMILES string of the molecule is COCCS(=O)(=O)Nc1c(F)cc(Oc2ncccc2-c2ccnc(NC3CNC[C@@H](F)C3)n2)c(F)c1F. The van der Waals surface area contributed by atoms with Crippen LogP contribution in [0.15, 0.2) is 36.7 Å². The lowest BCUT2D eigenvalue weighted by molar-refractivity contribution is 0.217. The van der Waals surface area contributed by atoms with E-state index in [1.807, 2.05) is 0 Å². The fourth-order valence-electron chi connectivity index (χ4n) is 3.67. The molecule has 0 amide bonds. The molecule has 2 atom stereocenters. The number of aromatic nitrogens is 3. The average molecular weight is 557 g/mol. The first kappa shape index (κ1) is 27.5. The highest BCUT2D eigenvalue weighted by Crippen LogP contribution is 2.35. The number of ether oxygens (including phenoxy) is 2. The lowest BCUT2D eigenvalue weighted by atomic mass is 10.1. The van der Waals surface area contributed by atoms with Crippen LogP contribution in [-0.4, -0.2) is 68.1 Å². The van der Waals surface area contributed by atoms with E-state index in [0.717, 1.165) is 0 Å². The molecule has 10 nitrogen and oxygen atoms in total. The van der Waals surface area contributed by atoms with Crippen LogP contribution in [0.25, 0.3) is 11.3 Å². The van der Waals surface area contributed by atoms with Gasteiger partial charge in [0.1, 0.15) is 11.9 Å². The van der Waals surface area contributed by atoms with Crippen molar-refractivity contribution in [2.75, 3.05) is 42.6 Å². The van der Waals surface area contributed by atoms with E-state index in [2.05, 4.69) is 30.3 Å². The Kier molecular flexibility index (Phi) is 8.58. The summed E-state index contributed by atoms with van der Waals surface area (Å²) in [6, 6.07) is 4.86. The number of methoxy groups -OCH3 is 1. The quantitative estimate of drug-likeness (QED) is 0.255. The van der Waals surface area contributed by atoms with Crippen molar-refractivity contribution in [2.45, 2.75) is 18.6 Å². The summed E-state index contributed by atoms with van der Waals surface area (Å²) < 4.78 is 93.5. The summed E-state index contributed by atoms with van der Waals surface area (Å²) in [4.78, 5) is 12.5. The van der Waals surface area contributed by atoms with Gasteiger partial charge in [-0.15, -0.1) is 0 Å². The van der Waals surface area contributed by atoms with E-state index >= 15 is 0 Å². The largest absolute Gasteiger partial charge is 0.435 e. The molecule has 0 aliphatic carbocycles. The molecular weight excluding hydrogens is 532 g/mol. The van der Waals surface area contributed by atoms with Crippen molar-refractivity contribution < 1.29 is 35.5 Å². The van der Waals surface area contributed by atoms with Crippen LogP contribution in [0.3, 0.4) is 0 Å². The van der Waals surface area contributed by atoms with E-state index in [1.54, 1.807) is 10.8 Å². The molecule has 2 aromatic heterocycles. The van der Waals surface area contributed by atoms with Crippen molar-refractivity contribution in [1.82, 2.24) is 20.3 Å². The molecule has 15 heteroatoms. The van der Waals surface area contributed by atoms with Crippen LogP contribution in [0, 0.1) is 17.5 Å². The van der Waals surface area contributed by atoms with Gasteiger partial charge in [-0.2, -0.15) is 4.39 Å². The van der Waals surface area contributed by atoms with Crippen LogP contribution in [0.2, 0.25) is 0 Å². The summed E-state index contributed by atoms with van der Waals surface area (Å²) in [6.45, 7) is 0.553. The number of hydrogen-bond donors (Lipinski definition) is 3. The van der Waals surface area contributed by atoms with Gasteiger partial charge in [0.15, 0.2) is 17.4 Å². The summed E-state index contributed by atoms with van der Waals surface area (Å²) in [6.07, 6.45) is 2.02. The summed E-state index contributed by atoms with van der Waals surface area (Å²) in [5, 5.41) is 6.01. The van der Waals surface area contributed by atoms with Gasteiger partial charge < -0.3 is 20.1 Å². The molecule has 38 heavy (non-hydrogen) atoms. The highest BCUT2D eigenvalue weighted by molar-refractivity contribution is 7.92. The topological polar surface area (TPSA) is 127 Å². The number of anilines is 2.